The number of amides is 2. The van der Waals surface area contributed by atoms with Crippen molar-refractivity contribution >= 4 is 23.2 Å². The van der Waals surface area contributed by atoms with Gasteiger partial charge in [-0.3, -0.25) is 9.59 Å². The predicted octanol–water partition coefficient (Wildman–Crippen LogP) is 2.46. The standard InChI is InChI=1S/C17H19N3O2S/c1-11-14(23-16(19-11)13-5-3-2-4-6-13)17(22)20-9-7-12(8-10-20)15(18)21/h2-6,12H,7-10H2,1H3,(H2,18,21). The Hall–Kier alpha value is -2.21. The lowest BCUT2D eigenvalue weighted by Gasteiger charge is -2.30. The van der Waals surface area contributed by atoms with Crippen LogP contribution in [-0.2, 0) is 4.79 Å². The summed E-state index contributed by atoms with van der Waals surface area (Å²) in [7, 11) is 0. The van der Waals surface area contributed by atoms with Gasteiger partial charge in [-0.1, -0.05) is 30.3 Å². The van der Waals surface area contributed by atoms with E-state index in [1.807, 2.05) is 37.3 Å². The third-order valence-corrected chi connectivity index (χ3v) is 5.39. The molecular weight excluding hydrogens is 310 g/mol. The normalized spacial score (nSPS) is 15.6. The minimum absolute atomic E-state index is 0.00472. The van der Waals surface area contributed by atoms with Crippen LogP contribution in [0.25, 0.3) is 10.6 Å². The van der Waals surface area contributed by atoms with E-state index in [-0.39, 0.29) is 17.7 Å². The number of carbonyl (C=O) groups is 2. The molecular formula is C17H19N3O2S. The molecule has 1 aromatic carbocycles. The minimum atomic E-state index is -0.266. The molecule has 0 saturated carbocycles. The fourth-order valence-electron chi connectivity index (χ4n) is 2.81. The molecule has 0 aliphatic carbocycles. The zero-order chi connectivity index (χ0) is 16.4. The molecule has 23 heavy (non-hydrogen) atoms. The lowest BCUT2D eigenvalue weighted by Crippen LogP contribution is -2.41. The Balaban J connectivity index is 1.76. The van der Waals surface area contributed by atoms with Gasteiger partial charge in [0.25, 0.3) is 5.91 Å². The monoisotopic (exact) mass is 329 g/mol. The van der Waals surface area contributed by atoms with Crippen molar-refractivity contribution in [3.05, 3.63) is 40.9 Å². The maximum Gasteiger partial charge on any atom is 0.265 e. The molecule has 1 aliphatic rings. The third-order valence-electron chi connectivity index (χ3n) is 4.20. The quantitative estimate of drug-likeness (QED) is 0.940. The van der Waals surface area contributed by atoms with Gasteiger partial charge in [0.05, 0.1) is 5.69 Å². The molecule has 2 N–H and O–H groups in total. The Kier molecular flexibility index (Phi) is 4.43. The number of rotatable bonds is 3. The number of benzene rings is 1. The van der Waals surface area contributed by atoms with Gasteiger partial charge in [0.1, 0.15) is 9.88 Å². The Bertz CT molecular complexity index is 719. The summed E-state index contributed by atoms with van der Waals surface area (Å²) >= 11 is 1.43. The summed E-state index contributed by atoms with van der Waals surface area (Å²) < 4.78 is 0. The highest BCUT2D eigenvalue weighted by Gasteiger charge is 2.28. The van der Waals surface area contributed by atoms with Gasteiger partial charge in [-0.25, -0.2) is 4.98 Å². The topological polar surface area (TPSA) is 76.3 Å². The van der Waals surface area contributed by atoms with E-state index in [1.54, 1.807) is 4.90 Å². The Morgan fingerprint density at radius 1 is 1.22 bits per heavy atom. The van der Waals surface area contributed by atoms with Crippen molar-refractivity contribution in [3.63, 3.8) is 0 Å². The van der Waals surface area contributed by atoms with Gasteiger partial charge in [-0.05, 0) is 19.8 Å². The van der Waals surface area contributed by atoms with E-state index in [0.29, 0.717) is 30.8 Å². The molecule has 2 heterocycles. The summed E-state index contributed by atoms with van der Waals surface area (Å²) in [6.45, 7) is 3.02. The lowest BCUT2D eigenvalue weighted by molar-refractivity contribution is -0.123. The number of aryl methyl sites for hydroxylation is 1. The Labute approximate surface area is 139 Å². The van der Waals surface area contributed by atoms with Crippen LogP contribution in [0.15, 0.2) is 30.3 Å². The van der Waals surface area contributed by atoms with Crippen LogP contribution in [0.4, 0.5) is 0 Å². The smallest absolute Gasteiger partial charge is 0.265 e. The molecule has 0 atom stereocenters. The molecule has 0 bridgehead atoms. The average molecular weight is 329 g/mol. The first kappa shape index (κ1) is 15.7. The molecule has 120 valence electrons. The summed E-state index contributed by atoms with van der Waals surface area (Å²) in [6, 6.07) is 9.86. The van der Waals surface area contributed by atoms with Crippen LogP contribution in [-0.4, -0.2) is 34.8 Å². The largest absolute Gasteiger partial charge is 0.369 e. The van der Waals surface area contributed by atoms with Crippen molar-refractivity contribution < 1.29 is 9.59 Å². The van der Waals surface area contributed by atoms with E-state index in [4.69, 9.17) is 5.73 Å². The molecule has 6 heteroatoms. The van der Waals surface area contributed by atoms with E-state index in [9.17, 15) is 9.59 Å². The Morgan fingerprint density at radius 2 is 1.87 bits per heavy atom. The number of primary amides is 1. The highest BCUT2D eigenvalue weighted by molar-refractivity contribution is 7.17. The minimum Gasteiger partial charge on any atom is -0.369 e. The number of nitrogens with zero attached hydrogens (tertiary/aromatic N) is 2. The molecule has 2 aromatic rings. The van der Waals surface area contributed by atoms with Crippen molar-refractivity contribution in [2.24, 2.45) is 11.7 Å². The number of hydrogen-bond donors (Lipinski definition) is 1. The van der Waals surface area contributed by atoms with Crippen LogP contribution in [0.3, 0.4) is 0 Å². The Morgan fingerprint density at radius 3 is 2.48 bits per heavy atom. The first-order valence-corrected chi connectivity index (χ1v) is 8.49. The van der Waals surface area contributed by atoms with E-state index in [1.165, 1.54) is 11.3 Å². The third kappa shape index (κ3) is 3.27. The van der Waals surface area contributed by atoms with Crippen LogP contribution >= 0.6 is 11.3 Å². The molecule has 0 radical (unpaired) electrons. The second-order valence-electron chi connectivity index (χ2n) is 5.77. The van der Waals surface area contributed by atoms with Crippen LogP contribution in [0, 0.1) is 12.8 Å². The summed E-state index contributed by atoms with van der Waals surface area (Å²) in [5, 5.41) is 0.860. The highest BCUT2D eigenvalue weighted by Crippen LogP contribution is 2.29. The molecule has 1 fully saturated rings. The summed E-state index contributed by atoms with van der Waals surface area (Å²) in [4.78, 5) is 31.0. The van der Waals surface area contributed by atoms with E-state index in [2.05, 4.69) is 4.98 Å². The van der Waals surface area contributed by atoms with Gasteiger partial charge in [-0.15, -0.1) is 11.3 Å². The number of nitrogens with two attached hydrogens (primary N) is 1. The van der Waals surface area contributed by atoms with Gasteiger partial charge in [0, 0.05) is 24.6 Å². The average Bonchev–Trinajstić information content (AvgIpc) is 2.97. The lowest BCUT2D eigenvalue weighted by atomic mass is 9.96. The molecule has 0 unspecified atom stereocenters. The van der Waals surface area contributed by atoms with Gasteiger partial charge in [0.15, 0.2) is 0 Å². The number of piperidine rings is 1. The van der Waals surface area contributed by atoms with E-state index >= 15 is 0 Å². The highest BCUT2D eigenvalue weighted by atomic mass is 32.1. The molecule has 1 aliphatic heterocycles. The first-order chi connectivity index (χ1) is 11.1. The van der Waals surface area contributed by atoms with Crippen LogP contribution in [0.2, 0.25) is 0 Å². The van der Waals surface area contributed by atoms with Crippen molar-refractivity contribution in [1.82, 2.24) is 9.88 Å². The molecule has 1 aromatic heterocycles. The van der Waals surface area contributed by atoms with Crippen LogP contribution in [0.5, 0.6) is 0 Å². The van der Waals surface area contributed by atoms with Crippen LogP contribution < -0.4 is 5.73 Å². The molecule has 1 saturated heterocycles. The maximum atomic E-state index is 12.7. The van der Waals surface area contributed by atoms with Crippen molar-refractivity contribution in [1.29, 1.82) is 0 Å². The second-order valence-corrected chi connectivity index (χ2v) is 6.77. The number of carbonyl (C=O) groups excluding carboxylic acids is 2. The van der Waals surface area contributed by atoms with E-state index in [0.717, 1.165) is 16.3 Å². The van der Waals surface area contributed by atoms with E-state index < -0.39 is 0 Å². The van der Waals surface area contributed by atoms with Gasteiger partial charge < -0.3 is 10.6 Å². The second kappa shape index (κ2) is 6.50. The van der Waals surface area contributed by atoms with Crippen molar-refractivity contribution in [3.8, 4) is 10.6 Å². The zero-order valence-corrected chi connectivity index (χ0v) is 13.8. The SMILES string of the molecule is Cc1nc(-c2ccccc2)sc1C(=O)N1CCC(C(N)=O)CC1. The van der Waals surface area contributed by atoms with Crippen molar-refractivity contribution in [2.45, 2.75) is 19.8 Å². The summed E-state index contributed by atoms with van der Waals surface area (Å²) in [5.41, 5.74) is 7.12. The van der Waals surface area contributed by atoms with Crippen molar-refractivity contribution in [2.75, 3.05) is 13.1 Å². The first-order valence-electron chi connectivity index (χ1n) is 7.67. The predicted molar refractivity (Wildman–Crippen MR) is 90.1 cm³/mol. The van der Waals surface area contributed by atoms with Gasteiger partial charge in [0.2, 0.25) is 5.91 Å². The molecule has 2 amide bonds. The molecule has 0 spiro atoms. The van der Waals surface area contributed by atoms with Gasteiger partial charge in [-0.2, -0.15) is 0 Å². The summed E-state index contributed by atoms with van der Waals surface area (Å²) in [5.74, 6) is -0.371. The van der Waals surface area contributed by atoms with Gasteiger partial charge >= 0.3 is 0 Å². The fourth-order valence-corrected chi connectivity index (χ4v) is 3.85. The number of thiazole rings is 1. The number of likely N-dealkylation sites (tertiary alicyclic amines) is 1. The summed E-state index contributed by atoms with van der Waals surface area (Å²) in [6.07, 6.45) is 1.29. The van der Waals surface area contributed by atoms with Crippen LogP contribution in [0.1, 0.15) is 28.2 Å². The number of hydrogen-bond acceptors (Lipinski definition) is 4. The molecule has 5 nitrogen and oxygen atoms in total. The fraction of sp³-hybridized carbons (Fsp3) is 0.353. The maximum absolute atomic E-state index is 12.7. The zero-order valence-electron chi connectivity index (χ0n) is 13.0. The number of aromatic nitrogens is 1. The molecule has 3 rings (SSSR count).